The number of hydrogen-bond acceptors (Lipinski definition) is 5. The molecule has 0 heterocycles. The maximum atomic E-state index is 12.1. The minimum absolute atomic E-state index is 0.114. The van der Waals surface area contributed by atoms with E-state index in [9.17, 15) is 18.0 Å². The van der Waals surface area contributed by atoms with Gasteiger partial charge in [0.1, 0.15) is 11.5 Å². The van der Waals surface area contributed by atoms with Crippen molar-refractivity contribution in [2.24, 2.45) is 5.92 Å². The average molecular weight is 412 g/mol. The van der Waals surface area contributed by atoms with E-state index in [1.165, 1.54) is 0 Å². The molecule has 1 aliphatic carbocycles. The molecule has 1 aromatic rings. The first-order valence-corrected chi connectivity index (χ1v) is 11.2. The predicted molar refractivity (Wildman–Crippen MR) is 108 cm³/mol. The van der Waals surface area contributed by atoms with Gasteiger partial charge in [-0.15, -0.1) is 0 Å². The summed E-state index contributed by atoms with van der Waals surface area (Å²) >= 11 is 0. The molecule has 1 fully saturated rings. The molecule has 0 spiro atoms. The Morgan fingerprint density at radius 2 is 1.71 bits per heavy atom. The van der Waals surface area contributed by atoms with Crippen molar-refractivity contribution in [1.82, 2.24) is 10.0 Å². The molecule has 1 aromatic carbocycles. The number of anilines is 1. The summed E-state index contributed by atoms with van der Waals surface area (Å²) in [7, 11) is -3.72. The van der Waals surface area contributed by atoms with Gasteiger partial charge >= 0.3 is 0 Å². The van der Waals surface area contributed by atoms with Crippen LogP contribution in [0.25, 0.3) is 0 Å². The highest BCUT2D eigenvalue weighted by Crippen LogP contribution is 2.23. The summed E-state index contributed by atoms with van der Waals surface area (Å²) in [5.74, 6) is -0.533. The molecule has 156 valence electrons. The largest absolute Gasteiger partial charge is 0.494 e. The number of rotatable bonds is 9. The number of amides is 2. The fourth-order valence-corrected chi connectivity index (χ4v) is 4.36. The Bertz CT molecular complexity index is 756. The van der Waals surface area contributed by atoms with Crippen LogP contribution in [0, 0.1) is 5.92 Å². The van der Waals surface area contributed by atoms with Gasteiger partial charge in [0, 0.05) is 11.7 Å². The first-order chi connectivity index (χ1) is 13.3. The maximum Gasteiger partial charge on any atom is 0.243 e. The maximum absolute atomic E-state index is 12.1. The smallest absolute Gasteiger partial charge is 0.243 e. The topological polar surface area (TPSA) is 114 Å². The Kier molecular flexibility index (Phi) is 8.25. The number of benzene rings is 1. The first kappa shape index (κ1) is 22.2. The van der Waals surface area contributed by atoms with Crippen molar-refractivity contribution in [3.8, 4) is 5.75 Å². The summed E-state index contributed by atoms with van der Waals surface area (Å²) in [6, 6.07) is 6.70. The summed E-state index contributed by atoms with van der Waals surface area (Å²) < 4.78 is 32.2. The highest BCUT2D eigenvalue weighted by atomic mass is 32.2. The van der Waals surface area contributed by atoms with Gasteiger partial charge in [0.15, 0.2) is 0 Å². The van der Waals surface area contributed by atoms with Gasteiger partial charge in [-0.25, -0.2) is 13.1 Å². The molecule has 3 N–H and O–H groups in total. The molecule has 0 unspecified atom stereocenters. The van der Waals surface area contributed by atoms with Crippen molar-refractivity contribution >= 4 is 27.5 Å². The first-order valence-electron chi connectivity index (χ1n) is 9.57. The van der Waals surface area contributed by atoms with Crippen molar-refractivity contribution in [1.29, 1.82) is 0 Å². The molecular formula is C19H29N3O5S. The number of ether oxygens (including phenoxy) is 1. The van der Waals surface area contributed by atoms with Crippen LogP contribution >= 0.6 is 0 Å². The van der Waals surface area contributed by atoms with Crippen molar-refractivity contribution in [3.63, 3.8) is 0 Å². The summed E-state index contributed by atoms with van der Waals surface area (Å²) in [5.41, 5.74) is 0.559. The van der Waals surface area contributed by atoms with Crippen LogP contribution in [0.15, 0.2) is 24.3 Å². The van der Waals surface area contributed by atoms with E-state index < -0.39 is 27.6 Å². The molecular weight excluding hydrogens is 382 g/mol. The van der Waals surface area contributed by atoms with Crippen molar-refractivity contribution in [3.05, 3.63) is 24.3 Å². The van der Waals surface area contributed by atoms with Gasteiger partial charge in [0.05, 0.1) is 13.2 Å². The second-order valence-electron chi connectivity index (χ2n) is 7.12. The molecule has 0 radical (unpaired) electrons. The minimum atomic E-state index is -3.72. The SMILES string of the molecule is CCOc1ccc(NC(=O)CNC(=O)CS(=O)(=O)NC2CCC(C)CC2)cc1. The number of carbonyl (C=O) groups excluding carboxylic acids is 2. The van der Waals surface area contributed by atoms with E-state index in [4.69, 9.17) is 4.74 Å². The van der Waals surface area contributed by atoms with E-state index in [0.717, 1.165) is 25.7 Å². The zero-order chi connectivity index (χ0) is 20.6. The Labute approximate surface area is 166 Å². The molecule has 9 heteroatoms. The molecule has 0 atom stereocenters. The van der Waals surface area contributed by atoms with E-state index in [2.05, 4.69) is 22.3 Å². The Balaban J connectivity index is 1.72. The molecule has 1 aliphatic rings. The highest BCUT2D eigenvalue weighted by molar-refractivity contribution is 7.90. The van der Waals surface area contributed by atoms with Gasteiger partial charge in [0.25, 0.3) is 0 Å². The van der Waals surface area contributed by atoms with E-state index >= 15 is 0 Å². The van der Waals surface area contributed by atoms with Crippen molar-refractivity contribution in [2.45, 2.75) is 45.6 Å². The molecule has 0 aliphatic heterocycles. The predicted octanol–water partition coefficient (Wildman–Crippen LogP) is 1.64. The van der Waals surface area contributed by atoms with Crippen LogP contribution < -0.4 is 20.1 Å². The Morgan fingerprint density at radius 1 is 1.07 bits per heavy atom. The highest BCUT2D eigenvalue weighted by Gasteiger charge is 2.24. The zero-order valence-corrected chi connectivity index (χ0v) is 17.2. The second-order valence-corrected chi connectivity index (χ2v) is 8.87. The van der Waals surface area contributed by atoms with Gasteiger partial charge in [-0.3, -0.25) is 9.59 Å². The van der Waals surface area contributed by atoms with Crippen LogP contribution in [-0.2, 0) is 19.6 Å². The lowest BCUT2D eigenvalue weighted by molar-refractivity contribution is -0.122. The fourth-order valence-electron chi connectivity index (χ4n) is 3.08. The summed E-state index contributed by atoms with van der Waals surface area (Å²) in [5, 5.41) is 4.96. The normalized spacial score (nSPS) is 19.6. The Hall–Kier alpha value is -2.13. The summed E-state index contributed by atoms with van der Waals surface area (Å²) in [6.07, 6.45) is 3.52. The number of sulfonamides is 1. The van der Waals surface area contributed by atoms with Crippen LogP contribution in [-0.4, -0.2) is 45.2 Å². The lowest BCUT2D eigenvalue weighted by Crippen LogP contribution is -2.43. The van der Waals surface area contributed by atoms with Crippen LogP contribution in [0.2, 0.25) is 0 Å². The minimum Gasteiger partial charge on any atom is -0.494 e. The lowest BCUT2D eigenvalue weighted by atomic mass is 9.88. The van der Waals surface area contributed by atoms with Crippen LogP contribution in [0.4, 0.5) is 5.69 Å². The van der Waals surface area contributed by atoms with Crippen LogP contribution in [0.3, 0.4) is 0 Å². The summed E-state index contributed by atoms with van der Waals surface area (Å²) in [4.78, 5) is 23.8. The third-order valence-corrected chi connectivity index (χ3v) is 5.91. The average Bonchev–Trinajstić information content (AvgIpc) is 2.63. The monoisotopic (exact) mass is 411 g/mol. The standard InChI is InChI=1S/C19H29N3O5S/c1-3-27-17-10-8-15(9-11-17)21-18(23)12-20-19(24)13-28(25,26)22-16-6-4-14(2)5-7-16/h8-11,14,16,22H,3-7,12-13H2,1-2H3,(H,20,24)(H,21,23). The van der Waals surface area contributed by atoms with E-state index in [1.807, 2.05) is 6.92 Å². The third kappa shape index (κ3) is 7.85. The molecule has 2 amide bonds. The molecule has 0 aromatic heterocycles. The third-order valence-electron chi connectivity index (χ3n) is 4.58. The summed E-state index contributed by atoms with van der Waals surface area (Å²) in [6.45, 7) is 4.28. The Morgan fingerprint density at radius 3 is 2.32 bits per heavy atom. The fraction of sp³-hybridized carbons (Fsp3) is 0.579. The number of carbonyl (C=O) groups is 2. The number of hydrogen-bond donors (Lipinski definition) is 3. The second kappa shape index (κ2) is 10.4. The van der Waals surface area contributed by atoms with Gasteiger partial charge in [0.2, 0.25) is 21.8 Å². The van der Waals surface area contributed by atoms with Crippen molar-refractivity contribution < 1.29 is 22.7 Å². The van der Waals surface area contributed by atoms with Crippen LogP contribution in [0.1, 0.15) is 39.5 Å². The van der Waals surface area contributed by atoms with Gasteiger partial charge in [-0.05, 0) is 62.8 Å². The van der Waals surface area contributed by atoms with E-state index in [0.29, 0.717) is 24.0 Å². The molecule has 1 saturated carbocycles. The van der Waals surface area contributed by atoms with E-state index in [1.54, 1.807) is 24.3 Å². The van der Waals surface area contributed by atoms with Crippen molar-refractivity contribution in [2.75, 3.05) is 24.2 Å². The van der Waals surface area contributed by atoms with Crippen LogP contribution in [0.5, 0.6) is 5.75 Å². The lowest BCUT2D eigenvalue weighted by Gasteiger charge is -2.26. The molecule has 2 rings (SSSR count). The molecule has 0 saturated heterocycles. The number of nitrogens with one attached hydrogen (secondary N) is 3. The molecule has 28 heavy (non-hydrogen) atoms. The van der Waals surface area contributed by atoms with Gasteiger partial charge < -0.3 is 15.4 Å². The van der Waals surface area contributed by atoms with Gasteiger partial charge in [-0.1, -0.05) is 6.92 Å². The molecule has 0 bridgehead atoms. The van der Waals surface area contributed by atoms with E-state index in [-0.39, 0.29) is 12.6 Å². The van der Waals surface area contributed by atoms with Gasteiger partial charge in [-0.2, -0.15) is 0 Å². The zero-order valence-electron chi connectivity index (χ0n) is 16.4. The molecule has 8 nitrogen and oxygen atoms in total. The quantitative estimate of drug-likeness (QED) is 0.572.